The number of rotatable bonds is 4. The van der Waals surface area contributed by atoms with Gasteiger partial charge in [0.1, 0.15) is 0 Å². The summed E-state index contributed by atoms with van der Waals surface area (Å²) in [4.78, 5) is 16.7. The van der Waals surface area contributed by atoms with Crippen LogP contribution in [0, 0.1) is 0 Å². The minimum atomic E-state index is -2.23. The van der Waals surface area contributed by atoms with Crippen molar-refractivity contribution in [3.63, 3.8) is 0 Å². The quantitative estimate of drug-likeness (QED) is 0.403. The van der Waals surface area contributed by atoms with Crippen LogP contribution in [-0.2, 0) is 21.1 Å². The average molecular weight is 212 g/mol. The van der Waals surface area contributed by atoms with Gasteiger partial charge in [-0.2, -0.15) is 5.06 Å². The van der Waals surface area contributed by atoms with Gasteiger partial charge in [-0.05, 0) is 0 Å². The Morgan fingerprint density at radius 3 is 1.80 bits per heavy atom. The Hall–Kier alpha value is 0.764. The fourth-order valence-electron chi connectivity index (χ4n) is 0.442. The molecule has 0 saturated carbocycles. The van der Waals surface area contributed by atoms with Crippen molar-refractivity contribution in [3.05, 3.63) is 0 Å². The molecule has 0 aromatic carbocycles. The second kappa shape index (κ2) is 7.87. The van der Waals surface area contributed by atoms with Crippen LogP contribution in [0.5, 0.6) is 0 Å². The van der Waals surface area contributed by atoms with Gasteiger partial charge in [0.15, 0.2) is 0 Å². The zero-order chi connectivity index (χ0) is 7.28. The van der Waals surface area contributed by atoms with E-state index in [9.17, 15) is 0 Å². The molecule has 0 bridgehead atoms. The normalized spacial score (nSPS) is 10.2. The minimum absolute atomic E-state index is 0. The number of hydrogen-bond acceptors (Lipinski definition) is 4. The summed E-state index contributed by atoms with van der Waals surface area (Å²) in [5.74, 6) is 0. The largest absolute Gasteiger partial charge is 0.345 e. The van der Waals surface area contributed by atoms with Crippen LogP contribution in [-0.4, -0.2) is 27.9 Å². The second-order valence-corrected chi connectivity index (χ2v) is 2.12. The van der Waals surface area contributed by atoms with Gasteiger partial charge in [-0.15, -0.1) is 0 Å². The third kappa shape index (κ3) is 6.88. The van der Waals surface area contributed by atoms with Crippen molar-refractivity contribution in [1.29, 1.82) is 0 Å². The van der Waals surface area contributed by atoms with Gasteiger partial charge < -0.3 is 9.79 Å². The molecular weight excluding hydrogens is 200 g/mol. The topological polar surface area (TPSA) is 52.9 Å². The van der Waals surface area contributed by atoms with Gasteiger partial charge in [0.05, 0.1) is 0 Å². The molecule has 0 heterocycles. The molecule has 0 atom stereocenters. The van der Waals surface area contributed by atoms with Crippen LogP contribution in [0.15, 0.2) is 0 Å². The SMILES string of the molecule is CCN(CC)OP(O)O.[Ni]. The molecular formula is C4H12NNiO3P. The first-order valence-corrected chi connectivity index (χ1v) is 3.98. The minimum Gasteiger partial charge on any atom is -0.327 e. The first-order valence-electron chi connectivity index (χ1n) is 2.81. The third-order valence-electron chi connectivity index (χ3n) is 0.894. The fraction of sp³-hybridized carbons (Fsp3) is 1.00. The molecule has 2 N–H and O–H groups in total. The van der Waals surface area contributed by atoms with E-state index in [1.807, 2.05) is 13.8 Å². The molecule has 0 aliphatic heterocycles. The Morgan fingerprint density at radius 1 is 1.30 bits per heavy atom. The molecule has 6 heteroatoms. The van der Waals surface area contributed by atoms with E-state index >= 15 is 0 Å². The number of hydrogen-bond donors (Lipinski definition) is 2. The van der Waals surface area contributed by atoms with E-state index in [1.165, 1.54) is 5.06 Å². The molecule has 0 spiro atoms. The van der Waals surface area contributed by atoms with Crippen molar-refractivity contribution in [2.45, 2.75) is 13.8 Å². The first-order chi connectivity index (χ1) is 4.20. The molecule has 0 aromatic rings. The van der Waals surface area contributed by atoms with E-state index in [1.54, 1.807) is 0 Å². The Balaban J connectivity index is 0. The summed E-state index contributed by atoms with van der Waals surface area (Å²) in [5, 5.41) is 1.48. The van der Waals surface area contributed by atoms with Crippen molar-refractivity contribution < 1.29 is 30.9 Å². The second-order valence-electron chi connectivity index (χ2n) is 1.45. The summed E-state index contributed by atoms with van der Waals surface area (Å²) in [7, 11) is -2.23. The molecule has 10 heavy (non-hydrogen) atoms. The molecule has 0 saturated heterocycles. The third-order valence-corrected chi connectivity index (χ3v) is 1.27. The van der Waals surface area contributed by atoms with Crippen molar-refractivity contribution in [1.82, 2.24) is 5.06 Å². The smallest absolute Gasteiger partial charge is 0.327 e. The maximum absolute atomic E-state index is 8.34. The van der Waals surface area contributed by atoms with Gasteiger partial charge in [-0.1, -0.05) is 13.8 Å². The standard InChI is InChI=1S/C4H12NO3P.Ni/c1-3-5(4-2)8-9(6)7;/h6-7H,3-4H2,1-2H3;. The molecule has 0 aliphatic carbocycles. The van der Waals surface area contributed by atoms with E-state index < -0.39 is 8.60 Å². The van der Waals surface area contributed by atoms with Gasteiger partial charge in [0, 0.05) is 29.6 Å². The van der Waals surface area contributed by atoms with Gasteiger partial charge in [-0.3, -0.25) is 0 Å². The van der Waals surface area contributed by atoms with Crippen LogP contribution in [0.2, 0.25) is 0 Å². The zero-order valence-electron chi connectivity index (χ0n) is 5.93. The van der Waals surface area contributed by atoms with Crippen LogP contribution >= 0.6 is 8.60 Å². The van der Waals surface area contributed by atoms with Gasteiger partial charge in [0.25, 0.3) is 0 Å². The van der Waals surface area contributed by atoms with E-state index in [0.29, 0.717) is 13.1 Å². The van der Waals surface area contributed by atoms with E-state index in [-0.39, 0.29) is 16.5 Å². The van der Waals surface area contributed by atoms with Crippen molar-refractivity contribution >= 4 is 8.60 Å². The van der Waals surface area contributed by atoms with Crippen LogP contribution in [0.3, 0.4) is 0 Å². The summed E-state index contributed by atoms with van der Waals surface area (Å²) in [5.41, 5.74) is 0. The molecule has 0 radical (unpaired) electrons. The van der Waals surface area contributed by atoms with Crippen LogP contribution in [0.1, 0.15) is 13.8 Å². The zero-order valence-corrected chi connectivity index (χ0v) is 7.81. The maximum atomic E-state index is 8.34. The number of nitrogens with zero attached hydrogens (tertiary/aromatic N) is 1. The Labute approximate surface area is 72.1 Å². The van der Waals surface area contributed by atoms with Crippen molar-refractivity contribution in [3.8, 4) is 0 Å². The monoisotopic (exact) mass is 211 g/mol. The van der Waals surface area contributed by atoms with Crippen LogP contribution in [0.4, 0.5) is 0 Å². The van der Waals surface area contributed by atoms with Crippen LogP contribution in [0.25, 0.3) is 0 Å². The molecule has 66 valence electrons. The summed E-state index contributed by atoms with van der Waals surface area (Å²) >= 11 is 0. The summed E-state index contributed by atoms with van der Waals surface area (Å²) in [6.45, 7) is 5.08. The summed E-state index contributed by atoms with van der Waals surface area (Å²) in [6.07, 6.45) is 0. The maximum Gasteiger partial charge on any atom is 0.345 e. The molecule has 0 unspecified atom stereocenters. The molecule has 4 nitrogen and oxygen atoms in total. The average Bonchev–Trinajstić information content (AvgIpc) is 1.82. The van der Waals surface area contributed by atoms with Gasteiger partial charge in [0.2, 0.25) is 0 Å². The number of hydroxylamine groups is 2. The fourth-order valence-corrected chi connectivity index (χ4v) is 0.880. The van der Waals surface area contributed by atoms with Crippen LogP contribution < -0.4 is 0 Å². The van der Waals surface area contributed by atoms with E-state index in [0.717, 1.165) is 0 Å². The molecule has 0 aromatic heterocycles. The Bertz CT molecular complexity index is 71.5. The molecule has 0 amide bonds. The van der Waals surface area contributed by atoms with E-state index in [4.69, 9.17) is 9.79 Å². The Kier molecular flexibility index (Phi) is 10.5. The molecule has 0 fully saturated rings. The molecule has 0 aliphatic rings. The predicted octanol–water partition coefficient (Wildman–Crippen LogP) is 0.469. The molecule has 0 rings (SSSR count). The van der Waals surface area contributed by atoms with Gasteiger partial charge in [-0.25, -0.2) is 4.62 Å². The van der Waals surface area contributed by atoms with Crippen molar-refractivity contribution in [2.24, 2.45) is 0 Å². The summed E-state index contributed by atoms with van der Waals surface area (Å²) < 4.78 is 4.56. The summed E-state index contributed by atoms with van der Waals surface area (Å²) in [6, 6.07) is 0. The Morgan fingerprint density at radius 2 is 1.70 bits per heavy atom. The first kappa shape index (κ1) is 13.4. The van der Waals surface area contributed by atoms with Crippen molar-refractivity contribution in [2.75, 3.05) is 13.1 Å². The van der Waals surface area contributed by atoms with E-state index in [2.05, 4.69) is 4.62 Å². The van der Waals surface area contributed by atoms with Gasteiger partial charge >= 0.3 is 8.60 Å². The predicted molar refractivity (Wildman–Crippen MR) is 35.4 cm³/mol.